The molecule has 0 aliphatic heterocycles. The van der Waals surface area contributed by atoms with Gasteiger partial charge in [0.1, 0.15) is 23.2 Å². The molecule has 0 aliphatic rings. The molecule has 0 amide bonds. The lowest BCUT2D eigenvalue weighted by Gasteiger charge is -2.18. The van der Waals surface area contributed by atoms with Gasteiger partial charge in [0, 0.05) is 5.56 Å². The van der Waals surface area contributed by atoms with Gasteiger partial charge in [-0.15, -0.1) is 13.2 Å². The summed E-state index contributed by atoms with van der Waals surface area (Å²) in [5, 5.41) is 0. The maximum Gasteiger partial charge on any atom is 0.573 e. The van der Waals surface area contributed by atoms with Crippen LogP contribution >= 0.6 is 0 Å². The first kappa shape index (κ1) is 30.5. The molecule has 0 aliphatic carbocycles. The SMILES string of the molecule is Cc1ccc(C(F)(F)Oc2ccc(-c3ccc(-c4cc(F)c(-c5ccc(OC(F)(F)F)c(F)c5)c(F)c4)c(F)c3)cc2)cc1. The third kappa shape index (κ3) is 6.66. The molecule has 0 aromatic heterocycles. The Bertz CT molecular complexity index is 1790. The molecule has 0 N–H and O–H groups in total. The Hall–Kier alpha value is -4.93. The van der Waals surface area contributed by atoms with Crippen LogP contribution in [0.2, 0.25) is 0 Å². The van der Waals surface area contributed by atoms with Crippen LogP contribution in [0.15, 0.2) is 97.1 Å². The average Bonchev–Trinajstić information content (AvgIpc) is 2.94. The minimum Gasteiger partial charge on any atom is -0.429 e. The van der Waals surface area contributed by atoms with Crippen LogP contribution < -0.4 is 9.47 Å². The molecule has 0 bridgehead atoms. The second-order valence-electron chi connectivity index (χ2n) is 9.71. The Kier molecular flexibility index (Phi) is 8.07. The zero-order valence-corrected chi connectivity index (χ0v) is 22.5. The summed E-state index contributed by atoms with van der Waals surface area (Å²) in [7, 11) is 0. The van der Waals surface area contributed by atoms with Crippen molar-refractivity contribution in [2.24, 2.45) is 0 Å². The van der Waals surface area contributed by atoms with E-state index in [4.69, 9.17) is 4.74 Å². The fourth-order valence-corrected chi connectivity index (χ4v) is 4.47. The van der Waals surface area contributed by atoms with Gasteiger partial charge in [-0.3, -0.25) is 0 Å². The molecule has 0 saturated heterocycles. The highest BCUT2D eigenvalue weighted by Crippen LogP contribution is 2.37. The fourth-order valence-electron chi connectivity index (χ4n) is 4.47. The van der Waals surface area contributed by atoms with Crippen molar-refractivity contribution in [1.82, 2.24) is 0 Å². The van der Waals surface area contributed by atoms with Crippen LogP contribution in [0.1, 0.15) is 11.1 Å². The van der Waals surface area contributed by atoms with Gasteiger partial charge in [-0.1, -0.05) is 48.0 Å². The molecule has 0 spiro atoms. The van der Waals surface area contributed by atoms with Crippen LogP contribution in [-0.2, 0) is 6.11 Å². The van der Waals surface area contributed by atoms with E-state index < -0.39 is 52.6 Å². The standard InChI is InChI=1S/C33H19F9O2/c1-18-2-8-23(9-3-18)32(38,39)43-24-10-4-19(5-11-24)20-6-12-25(26(34)14-20)22-16-28(36)31(29(37)17-22)21-7-13-30(27(35)15-21)44-33(40,41)42/h2-17H,1H3. The van der Waals surface area contributed by atoms with Crippen LogP contribution in [-0.4, -0.2) is 6.36 Å². The van der Waals surface area contributed by atoms with E-state index in [9.17, 15) is 35.1 Å². The summed E-state index contributed by atoms with van der Waals surface area (Å²) < 4.78 is 134. The average molecular weight is 618 g/mol. The van der Waals surface area contributed by atoms with Crippen LogP contribution in [0.3, 0.4) is 0 Å². The maximum atomic E-state index is 15.1. The van der Waals surface area contributed by atoms with Gasteiger partial charge in [-0.2, -0.15) is 8.78 Å². The third-order valence-corrected chi connectivity index (χ3v) is 6.59. The van der Waals surface area contributed by atoms with Gasteiger partial charge in [0.15, 0.2) is 11.6 Å². The molecule has 5 rings (SSSR count). The minimum atomic E-state index is -5.17. The van der Waals surface area contributed by atoms with E-state index >= 15 is 4.39 Å². The molecular weight excluding hydrogens is 599 g/mol. The van der Waals surface area contributed by atoms with E-state index in [1.54, 1.807) is 6.92 Å². The molecule has 5 aromatic rings. The van der Waals surface area contributed by atoms with Crippen molar-refractivity contribution in [3.8, 4) is 44.9 Å². The second-order valence-corrected chi connectivity index (χ2v) is 9.71. The molecule has 0 saturated carbocycles. The van der Waals surface area contributed by atoms with E-state index in [1.165, 1.54) is 60.7 Å². The monoisotopic (exact) mass is 618 g/mol. The van der Waals surface area contributed by atoms with Crippen molar-refractivity contribution < 1.29 is 49.0 Å². The second kappa shape index (κ2) is 11.6. The Labute approximate surface area is 244 Å². The Morgan fingerprint density at radius 3 is 1.61 bits per heavy atom. The predicted molar refractivity (Wildman–Crippen MR) is 145 cm³/mol. The van der Waals surface area contributed by atoms with Gasteiger partial charge in [0.2, 0.25) is 0 Å². The summed E-state index contributed by atoms with van der Waals surface area (Å²) >= 11 is 0. The molecule has 226 valence electrons. The summed E-state index contributed by atoms with van der Waals surface area (Å²) in [6, 6.07) is 18.3. The Morgan fingerprint density at radius 2 is 1.05 bits per heavy atom. The van der Waals surface area contributed by atoms with Crippen molar-refractivity contribution in [3.05, 3.63) is 131 Å². The normalized spacial score (nSPS) is 11.9. The lowest BCUT2D eigenvalue weighted by Crippen LogP contribution is -2.21. The highest BCUT2D eigenvalue weighted by atomic mass is 19.4. The summed E-state index contributed by atoms with van der Waals surface area (Å²) in [5.41, 5.74) is -0.277. The first-order valence-electron chi connectivity index (χ1n) is 12.8. The molecule has 5 aromatic carbocycles. The lowest BCUT2D eigenvalue weighted by atomic mass is 9.96. The minimum absolute atomic E-state index is 0.134. The topological polar surface area (TPSA) is 18.5 Å². The van der Waals surface area contributed by atoms with E-state index in [0.717, 1.165) is 29.8 Å². The highest BCUT2D eigenvalue weighted by Gasteiger charge is 2.34. The van der Waals surface area contributed by atoms with E-state index in [-0.39, 0.29) is 22.4 Å². The largest absolute Gasteiger partial charge is 0.573 e. The zero-order chi connectivity index (χ0) is 31.8. The quantitative estimate of drug-likeness (QED) is 0.169. The predicted octanol–water partition coefficient (Wildman–Crippen LogP) is 10.6. The van der Waals surface area contributed by atoms with E-state index in [1.807, 2.05) is 0 Å². The number of hydrogen-bond acceptors (Lipinski definition) is 2. The van der Waals surface area contributed by atoms with Crippen LogP contribution in [0.5, 0.6) is 11.5 Å². The Morgan fingerprint density at radius 1 is 0.500 bits per heavy atom. The number of benzene rings is 5. The number of ether oxygens (including phenoxy) is 2. The van der Waals surface area contributed by atoms with Gasteiger partial charge < -0.3 is 9.47 Å². The van der Waals surface area contributed by atoms with Crippen molar-refractivity contribution >= 4 is 0 Å². The van der Waals surface area contributed by atoms with Gasteiger partial charge in [0.25, 0.3) is 0 Å². The van der Waals surface area contributed by atoms with Crippen molar-refractivity contribution in [3.63, 3.8) is 0 Å². The van der Waals surface area contributed by atoms with E-state index in [2.05, 4.69) is 4.74 Å². The highest BCUT2D eigenvalue weighted by molar-refractivity contribution is 5.75. The van der Waals surface area contributed by atoms with Gasteiger partial charge in [0.05, 0.1) is 11.1 Å². The zero-order valence-electron chi connectivity index (χ0n) is 22.5. The molecule has 0 radical (unpaired) electrons. The van der Waals surface area contributed by atoms with Crippen LogP contribution in [0.25, 0.3) is 33.4 Å². The summed E-state index contributed by atoms with van der Waals surface area (Å²) in [5.74, 6) is -6.10. The fraction of sp³-hybridized carbons (Fsp3) is 0.0909. The van der Waals surface area contributed by atoms with Crippen molar-refractivity contribution in [1.29, 1.82) is 0 Å². The summed E-state index contributed by atoms with van der Waals surface area (Å²) in [6.07, 6.45) is -8.76. The lowest BCUT2D eigenvalue weighted by molar-refractivity contribution is -0.275. The first-order chi connectivity index (χ1) is 20.7. The molecule has 0 unspecified atom stereocenters. The molecule has 0 heterocycles. The van der Waals surface area contributed by atoms with Gasteiger partial charge >= 0.3 is 12.5 Å². The molecule has 11 heteroatoms. The van der Waals surface area contributed by atoms with Crippen LogP contribution in [0, 0.1) is 30.2 Å². The Balaban J connectivity index is 1.36. The van der Waals surface area contributed by atoms with Gasteiger partial charge in [-0.05, 0) is 83.8 Å². The van der Waals surface area contributed by atoms with E-state index in [0.29, 0.717) is 23.3 Å². The number of alkyl halides is 5. The van der Waals surface area contributed by atoms with Crippen LogP contribution in [0.4, 0.5) is 39.5 Å². The number of aryl methyl sites for hydroxylation is 1. The summed E-state index contributed by atoms with van der Waals surface area (Å²) in [6.45, 7) is 1.76. The van der Waals surface area contributed by atoms with Crippen molar-refractivity contribution in [2.75, 3.05) is 0 Å². The number of hydrogen-bond donors (Lipinski definition) is 0. The molecule has 2 nitrogen and oxygen atoms in total. The molecule has 44 heavy (non-hydrogen) atoms. The number of halogens is 9. The molecule has 0 atom stereocenters. The third-order valence-electron chi connectivity index (χ3n) is 6.59. The summed E-state index contributed by atoms with van der Waals surface area (Å²) in [4.78, 5) is 0. The molecular formula is C33H19F9O2. The number of rotatable bonds is 7. The van der Waals surface area contributed by atoms with Crippen molar-refractivity contribution in [2.45, 2.75) is 19.4 Å². The first-order valence-corrected chi connectivity index (χ1v) is 12.8. The smallest absolute Gasteiger partial charge is 0.429 e. The van der Waals surface area contributed by atoms with Gasteiger partial charge in [-0.25, -0.2) is 17.6 Å². The molecule has 0 fully saturated rings. The maximum absolute atomic E-state index is 15.1.